The molecule has 0 aliphatic carbocycles. The van der Waals surface area contributed by atoms with Crippen LogP contribution in [0.15, 0.2) is 39.9 Å². The van der Waals surface area contributed by atoms with Crippen LogP contribution < -0.4 is 17.0 Å². The van der Waals surface area contributed by atoms with E-state index < -0.39 is 23.7 Å². The number of carbonyl (C=O) groups excluding carboxylic acids is 1. The van der Waals surface area contributed by atoms with Crippen molar-refractivity contribution in [2.24, 2.45) is 12.8 Å². The molecule has 0 bridgehead atoms. The number of fused-ring (bicyclic) bond motifs is 1. The highest BCUT2D eigenvalue weighted by Crippen LogP contribution is 2.19. The SMILES string of the molecule is Cc1cccc(Cn2c(-n3nc(C)cc3C)nc3c2c(=O)n(CC(N)=O)c(=O)n3C)c1. The summed E-state index contributed by atoms with van der Waals surface area (Å²) >= 11 is 0. The van der Waals surface area contributed by atoms with Gasteiger partial charge in [0.2, 0.25) is 11.9 Å². The molecular weight excluding hydrogens is 398 g/mol. The molecule has 10 heteroatoms. The molecule has 1 aromatic carbocycles. The number of carbonyl (C=O) groups is 1. The van der Waals surface area contributed by atoms with Crippen LogP contribution in [-0.2, 0) is 24.9 Å². The van der Waals surface area contributed by atoms with Crippen molar-refractivity contribution in [3.8, 4) is 5.95 Å². The number of rotatable bonds is 5. The van der Waals surface area contributed by atoms with Gasteiger partial charge in [-0.1, -0.05) is 29.8 Å². The van der Waals surface area contributed by atoms with E-state index >= 15 is 0 Å². The predicted molar refractivity (Wildman–Crippen MR) is 115 cm³/mol. The monoisotopic (exact) mass is 421 g/mol. The first-order valence-electron chi connectivity index (χ1n) is 9.75. The third-order valence-electron chi connectivity index (χ3n) is 5.15. The standard InChI is InChI=1S/C21H23N7O3/c1-12-6-5-7-15(8-12)10-26-17-18(23-20(26)28-14(3)9-13(2)24-28)25(4)21(31)27(19(17)30)11-16(22)29/h5-9H,10-11H2,1-4H3,(H2,22,29). The highest BCUT2D eigenvalue weighted by Gasteiger charge is 2.23. The van der Waals surface area contributed by atoms with Crippen molar-refractivity contribution in [1.82, 2.24) is 28.5 Å². The summed E-state index contributed by atoms with van der Waals surface area (Å²) in [6, 6.07) is 9.80. The molecule has 3 heterocycles. The zero-order valence-corrected chi connectivity index (χ0v) is 17.8. The number of nitrogens with zero attached hydrogens (tertiary/aromatic N) is 6. The summed E-state index contributed by atoms with van der Waals surface area (Å²) in [5, 5.41) is 4.51. The molecule has 3 aromatic heterocycles. The van der Waals surface area contributed by atoms with Crippen molar-refractivity contribution in [3.63, 3.8) is 0 Å². The van der Waals surface area contributed by atoms with Gasteiger partial charge in [-0.25, -0.2) is 14.0 Å². The Bertz CT molecular complexity index is 1450. The summed E-state index contributed by atoms with van der Waals surface area (Å²) in [5.74, 6) is -0.368. The Morgan fingerprint density at radius 3 is 2.45 bits per heavy atom. The van der Waals surface area contributed by atoms with Gasteiger partial charge in [0.25, 0.3) is 5.56 Å². The molecule has 0 fully saturated rings. The van der Waals surface area contributed by atoms with E-state index in [-0.39, 0.29) is 11.2 Å². The van der Waals surface area contributed by atoms with Crippen molar-refractivity contribution in [1.29, 1.82) is 0 Å². The lowest BCUT2D eigenvalue weighted by molar-refractivity contribution is -0.118. The van der Waals surface area contributed by atoms with Crippen LogP contribution in [0.3, 0.4) is 0 Å². The van der Waals surface area contributed by atoms with Gasteiger partial charge in [0.1, 0.15) is 6.54 Å². The van der Waals surface area contributed by atoms with Gasteiger partial charge in [0, 0.05) is 12.7 Å². The van der Waals surface area contributed by atoms with Crippen LogP contribution in [0.25, 0.3) is 17.1 Å². The fourth-order valence-electron chi connectivity index (χ4n) is 3.79. The van der Waals surface area contributed by atoms with Gasteiger partial charge < -0.3 is 5.73 Å². The lowest BCUT2D eigenvalue weighted by Crippen LogP contribution is -2.42. The van der Waals surface area contributed by atoms with Gasteiger partial charge in [-0.05, 0) is 32.4 Å². The van der Waals surface area contributed by atoms with Crippen molar-refractivity contribution in [2.75, 3.05) is 0 Å². The van der Waals surface area contributed by atoms with E-state index in [0.717, 1.165) is 27.1 Å². The summed E-state index contributed by atoms with van der Waals surface area (Å²) in [4.78, 5) is 42.1. The van der Waals surface area contributed by atoms with E-state index in [1.807, 2.05) is 51.1 Å². The fraction of sp³-hybridized carbons (Fsp3) is 0.286. The number of imidazole rings is 1. The largest absolute Gasteiger partial charge is 0.368 e. The number of hydrogen-bond donors (Lipinski definition) is 1. The molecule has 0 spiro atoms. The summed E-state index contributed by atoms with van der Waals surface area (Å²) in [6.07, 6.45) is 0. The molecule has 0 saturated heterocycles. The van der Waals surface area contributed by atoms with E-state index in [0.29, 0.717) is 12.5 Å². The van der Waals surface area contributed by atoms with Gasteiger partial charge >= 0.3 is 5.69 Å². The summed E-state index contributed by atoms with van der Waals surface area (Å²) < 4.78 is 5.46. The van der Waals surface area contributed by atoms with Gasteiger partial charge in [-0.2, -0.15) is 10.1 Å². The molecule has 2 N–H and O–H groups in total. The number of amides is 1. The van der Waals surface area contributed by atoms with Gasteiger partial charge in [0.05, 0.1) is 12.2 Å². The maximum absolute atomic E-state index is 13.3. The lowest BCUT2D eigenvalue weighted by Gasteiger charge is -2.11. The summed E-state index contributed by atoms with van der Waals surface area (Å²) in [6.45, 7) is 5.57. The van der Waals surface area contributed by atoms with Gasteiger partial charge in [-0.15, -0.1) is 0 Å². The number of hydrogen-bond acceptors (Lipinski definition) is 5. The quantitative estimate of drug-likeness (QED) is 0.504. The van der Waals surface area contributed by atoms with E-state index in [9.17, 15) is 14.4 Å². The molecular formula is C21H23N7O3. The molecule has 31 heavy (non-hydrogen) atoms. The molecule has 0 atom stereocenters. The third kappa shape index (κ3) is 3.45. The highest BCUT2D eigenvalue weighted by molar-refractivity contribution is 5.75. The molecule has 4 rings (SSSR count). The number of primary amides is 1. The van der Waals surface area contributed by atoms with E-state index in [4.69, 9.17) is 5.73 Å². The average molecular weight is 421 g/mol. The fourth-order valence-corrected chi connectivity index (χ4v) is 3.79. The Kier molecular flexibility index (Phi) is 4.84. The molecule has 4 aromatic rings. The van der Waals surface area contributed by atoms with E-state index in [1.165, 1.54) is 11.6 Å². The van der Waals surface area contributed by atoms with Gasteiger partial charge in [-0.3, -0.25) is 18.7 Å². The molecule has 1 amide bonds. The molecule has 0 unspecified atom stereocenters. The second-order valence-corrected chi connectivity index (χ2v) is 7.70. The number of aryl methyl sites for hydroxylation is 4. The summed E-state index contributed by atoms with van der Waals surface area (Å²) in [5.41, 5.74) is 8.07. The van der Waals surface area contributed by atoms with Crippen LogP contribution in [0.5, 0.6) is 0 Å². The minimum Gasteiger partial charge on any atom is -0.368 e. The molecule has 0 radical (unpaired) electrons. The zero-order chi connectivity index (χ0) is 22.4. The first kappa shape index (κ1) is 20.3. The predicted octanol–water partition coefficient (Wildman–Crippen LogP) is 0.541. The first-order valence-corrected chi connectivity index (χ1v) is 9.75. The van der Waals surface area contributed by atoms with Crippen LogP contribution in [-0.4, -0.2) is 34.4 Å². The van der Waals surface area contributed by atoms with Crippen molar-refractivity contribution in [3.05, 3.63) is 73.7 Å². The van der Waals surface area contributed by atoms with Crippen molar-refractivity contribution in [2.45, 2.75) is 33.9 Å². The number of aromatic nitrogens is 6. The second kappa shape index (κ2) is 7.38. The normalized spacial score (nSPS) is 11.4. The van der Waals surface area contributed by atoms with E-state index in [1.54, 1.807) is 9.25 Å². The Morgan fingerprint density at radius 2 is 1.84 bits per heavy atom. The van der Waals surface area contributed by atoms with Crippen LogP contribution in [0.4, 0.5) is 0 Å². The smallest absolute Gasteiger partial charge is 0.332 e. The van der Waals surface area contributed by atoms with Gasteiger partial charge in [0.15, 0.2) is 11.2 Å². The minimum atomic E-state index is -0.776. The molecule has 0 aliphatic rings. The summed E-state index contributed by atoms with van der Waals surface area (Å²) in [7, 11) is 1.51. The zero-order valence-electron chi connectivity index (χ0n) is 17.8. The Labute approximate surface area is 177 Å². The highest BCUT2D eigenvalue weighted by atomic mass is 16.2. The minimum absolute atomic E-state index is 0.201. The Morgan fingerprint density at radius 1 is 1.10 bits per heavy atom. The van der Waals surface area contributed by atoms with Crippen molar-refractivity contribution < 1.29 is 4.79 Å². The molecule has 0 saturated carbocycles. The topological polar surface area (TPSA) is 123 Å². The maximum Gasteiger partial charge on any atom is 0.332 e. The molecule has 10 nitrogen and oxygen atoms in total. The van der Waals surface area contributed by atoms with Crippen molar-refractivity contribution >= 4 is 17.1 Å². The first-order chi connectivity index (χ1) is 14.7. The average Bonchev–Trinajstić information content (AvgIpc) is 3.23. The van der Waals surface area contributed by atoms with E-state index in [2.05, 4.69) is 10.1 Å². The van der Waals surface area contributed by atoms with Crippen LogP contribution in [0.2, 0.25) is 0 Å². The number of nitrogens with two attached hydrogens (primary N) is 1. The van der Waals surface area contributed by atoms with Crippen LogP contribution in [0.1, 0.15) is 22.5 Å². The Hall–Kier alpha value is -3.95. The lowest BCUT2D eigenvalue weighted by atomic mass is 10.1. The molecule has 0 aliphatic heterocycles. The second-order valence-electron chi connectivity index (χ2n) is 7.70. The Balaban J connectivity index is 2.09. The maximum atomic E-state index is 13.3. The molecule has 160 valence electrons. The van der Waals surface area contributed by atoms with Crippen LogP contribution >= 0.6 is 0 Å². The van der Waals surface area contributed by atoms with Crippen LogP contribution in [0, 0.1) is 20.8 Å². The number of benzene rings is 1. The third-order valence-corrected chi connectivity index (χ3v) is 5.15.